The van der Waals surface area contributed by atoms with Gasteiger partial charge in [-0.05, 0) is 41.6 Å². The van der Waals surface area contributed by atoms with Gasteiger partial charge in [-0.25, -0.2) is 0 Å². The summed E-state index contributed by atoms with van der Waals surface area (Å²) in [5, 5.41) is 10.6. The van der Waals surface area contributed by atoms with E-state index in [2.05, 4.69) is 0 Å². The summed E-state index contributed by atoms with van der Waals surface area (Å²) in [6.45, 7) is 1.28. The molecule has 0 fully saturated rings. The van der Waals surface area contributed by atoms with Crippen LogP contribution >= 0.6 is 22.6 Å². The summed E-state index contributed by atoms with van der Waals surface area (Å²) in [5.41, 5.74) is 5.23. The van der Waals surface area contributed by atoms with Crippen molar-refractivity contribution in [3.8, 4) is 0 Å². The predicted octanol–water partition coefficient (Wildman–Crippen LogP) is 1.98. The molecule has 2 N–H and O–H groups in total. The number of ketones is 1. The van der Waals surface area contributed by atoms with Crippen LogP contribution < -0.4 is 5.73 Å². The molecule has 5 nitrogen and oxygen atoms in total. The van der Waals surface area contributed by atoms with Gasteiger partial charge in [-0.1, -0.05) is 0 Å². The molecule has 6 heteroatoms. The summed E-state index contributed by atoms with van der Waals surface area (Å²) in [4.78, 5) is 21.1. The zero-order valence-corrected chi connectivity index (χ0v) is 9.44. The summed E-state index contributed by atoms with van der Waals surface area (Å²) in [6, 6.07) is 2.92. The van der Waals surface area contributed by atoms with Gasteiger partial charge in [0, 0.05) is 3.57 Å². The molecule has 0 spiro atoms. The van der Waals surface area contributed by atoms with Crippen LogP contribution in [0.25, 0.3) is 0 Å². The highest BCUT2D eigenvalue weighted by atomic mass is 127. The number of nitrogens with zero attached hydrogens (tertiary/aromatic N) is 1. The number of nitro groups is 1. The Morgan fingerprint density at radius 1 is 1.57 bits per heavy atom. The van der Waals surface area contributed by atoms with E-state index in [-0.39, 0.29) is 22.7 Å². The summed E-state index contributed by atoms with van der Waals surface area (Å²) in [7, 11) is 0. The zero-order chi connectivity index (χ0) is 10.9. The van der Waals surface area contributed by atoms with E-state index in [9.17, 15) is 14.9 Å². The van der Waals surface area contributed by atoms with Crippen LogP contribution in [-0.4, -0.2) is 10.7 Å². The van der Waals surface area contributed by atoms with Gasteiger partial charge in [-0.3, -0.25) is 14.9 Å². The first kappa shape index (κ1) is 10.9. The van der Waals surface area contributed by atoms with E-state index in [1.165, 1.54) is 19.1 Å². The topological polar surface area (TPSA) is 86.2 Å². The molecular formula is C8H7IN2O3. The fraction of sp³-hybridized carbons (Fsp3) is 0.125. The Balaban J connectivity index is 3.52. The van der Waals surface area contributed by atoms with Gasteiger partial charge in [0.25, 0.3) is 0 Å². The second-order valence-corrected chi connectivity index (χ2v) is 3.95. The minimum atomic E-state index is -0.637. The number of nitrogens with two attached hydrogens (primary N) is 1. The normalized spacial score (nSPS) is 9.86. The number of carbonyl (C=O) groups excluding carboxylic acids is 1. The van der Waals surface area contributed by atoms with Crippen LogP contribution in [0, 0.1) is 13.7 Å². The van der Waals surface area contributed by atoms with Crippen molar-refractivity contribution in [2.75, 3.05) is 5.73 Å². The third-order valence-corrected chi connectivity index (χ3v) is 2.29. The van der Waals surface area contributed by atoms with E-state index >= 15 is 0 Å². The lowest BCUT2D eigenvalue weighted by atomic mass is 10.1. The molecule has 0 bridgehead atoms. The lowest BCUT2D eigenvalue weighted by Crippen LogP contribution is -2.04. The van der Waals surface area contributed by atoms with Crippen molar-refractivity contribution in [3.63, 3.8) is 0 Å². The van der Waals surface area contributed by atoms with Crippen molar-refractivity contribution < 1.29 is 9.72 Å². The summed E-state index contributed by atoms with van der Waals surface area (Å²) in [6.07, 6.45) is 0. The van der Waals surface area contributed by atoms with Gasteiger partial charge in [-0.2, -0.15) is 0 Å². The predicted molar refractivity (Wildman–Crippen MR) is 60.2 cm³/mol. The van der Waals surface area contributed by atoms with Gasteiger partial charge in [0.1, 0.15) is 5.69 Å². The van der Waals surface area contributed by atoms with E-state index in [1.54, 1.807) is 0 Å². The number of hydrogen-bond donors (Lipinski definition) is 1. The lowest BCUT2D eigenvalue weighted by Gasteiger charge is -2.02. The summed E-state index contributed by atoms with van der Waals surface area (Å²) >= 11 is 1.95. The van der Waals surface area contributed by atoms with Gasteiger partial charge in [-0.15, -0.1) is 0 Å². The molecule has 0 aromatic heterocycles. The Labute approximate surface area is 93.6 Å². The van der Waals surface area contributed by atoms with Crippen LogP contribution in [0.1, 0.15) is 17.3 Å². The molecule has 1 aromatic carbocycles. The molecule has 0 aliphatic rings. The fourth-order valence-corrected chi connectivity index (χ4v) is 1.74. The van der Waals surface area contributed by atoms with E-state index in [1.807, 2.05) is 22.6 Å². The third-order valence-electron chi connectivity index (χ3n) is 1.67. The molecule has 1 aromatic rings. The SMILES string of the molecule is CC(=O)c1cc(I)cc(N)c1[N+](=O)[O-]. The maximum absolute atomic E-state index is 11.1. The molecule has 0 saturated carbocycles. The Kier molecular flexibility index (Phi) is 3.04. The molecule has 0 unspecified atom stereocenters. The van der Waals surface area contributed by atoms with Gasteiger partial charge in [0.15, 0.2) is 5.78 Å². The van der Waals surface area contributed by atoms with Crippen molar-refractivity contribution >= 4 is 39.7 Å². The first-order valence-electron chi connectivity index (χ1n) is 3.68. The quantitative estimate of drug-likeness (QED) is 0.298. The third kappa shape index (κ3) is 2.00. The van der Waals surface area contributed by atoms with Gasteiger partial charge >= 0.3 is 5.69 Å². The Bertz CT molecular complexity index is 417. The molecule has 0 aliphatic heterocycles. The monoisotopic (exact) mass is 306 g/mol. The van der Waals surface area contributed by atoms with Crippen LogP contribution in [0.4, 0.5) is 11.4 Å². The van der Waals surface area contributed by atoms with E-state index < -0.39 is 4.92 Å². The Hall–Kier alpha value is -1.18. The minimum absolute atomic E-state index is 0.0205. The molecule has 0 amide bonds. The molecule has 0 atom stereocenters. The largest absolute Gasteiger partial charge is 0.393 e. The second-order valence-electron chi connectivity index (χ2n) is 2.70. The van der Waals surface area contributed by atoms with Crippen LogP contribution in [-0.2, 0) is 0 Å². The molecule has 14 heavy (non-hydrogen) atoms. The van der Waals surface area contributed by atoms with Crippen molar-refractivity contribution in [1.82, 2.24) is 0 Å². The van der Waals surface area contributed by atoms with Crippen LogP contribution in [0.2, 0.25) is 0 Å². The van der Waals surface area contributed by atoms with Crippen LogP contribution in [0.3, 0.4) is 0 Å². The lowest BCUT2D eigenvalue weighted by molar-refractivity contribution is -0.384. The maximum Gasteiger partial charge on any atom is 0.302 e. The highest BCUT2D eigenvalue weighted by Gasteiger charge is 2.21. The standard InChI is InChI=1S/C8H7IN2O3/c1-4(12)6-2-5(9)3-7(10)8(6)11(13)14/h2-3H,10H2,1H3. The average Bonchev–Trinajstić information content (AvgIpc) is 2.01. The molecule has 74 valence electrons. The van der Waals surface area contributed by atoms with E-state index in [0.29, 0.717) is 3.57 Å². The highest BCUT2D eigenvalue weighted by molar-refractivity contribution is 14.1. The molecular weight excluding hydrogens is 299 g/mol. The number of Topliss-reactive ketones (excluding diaryl/α,β-unsaturated/α-hetero) is 1. The van der Waals surface area contributed by atoms with Crippen LogP contribution in [0.5, 0.6) is 0 Å². The molecule has 1 rings (SSSR count). The number of benzene rings is 1. The number of halogens is 1. The first-order valence-corrected chi connectivity index (χ1v) is 4.75. The number of nitro benzene ring substituents is 1. The van der Waals surface area contributed by atoms with E-state index in [4.69, 9.17) is 5.73 Å². The van der Waals surface area contributed by atoms with Crippen molar-refractivity contribution in [3.05, 3.63) is 31.4 Å². The van der Waals surface area contributed by atoms with Gasteiger partial charge < -0.3 is 5.73 Å². The number of carbonyl (C=O) groups is 1. The number of nitrogen functional groups attached to an aromatic ring is 1. The Morgan fingerprint density at radius 3 is 2.57 bits per heavy atom. The van der Waals surface area contributed by atoms with Gasteiger partial charge in [0.2, 0.25) is 0 Å². The Morgan fingerprint density at radius 2 is 2.14 bits per heavy atom. The van der Waals surface area contributed by atoms with Crippen molar-refractivity contribution in [1.29, 1.82) is 0 Å². The average molecular weight is 306 g/mol. The highest BCUT2D eigenvalue weighted by Crippen LogP contribution is 2.28. The first-order chi connectivity index (χ1) is 6.43. The number of hydrogen-bond acceptors (Lipinski definition) is 4. The van der Waals surface area contributed by atoms with Gasteiger partial charge in [0.05, 0.1) is 10.5 Å². The molecule has 0 radical (unpaired) electrons. The molecule has 0 aliphatic carbocycles. The summed E-state index contributed by atoms with van der Waals surface area (Å²) < 4.78 is 0.705. The minimum Gasteiger partial charge on any atom is -0.393 e. The van der Waals surface area contributed by atoms with Crippen molar-refractivity contribution in [2.45, 2.75) is 6.92 Å². The second kappa shape index (κ2) is 3.91. The smallest absolute Gasteiger partial charge is 0.302 e. The van der Waals surface area contributed by atoms with Crippen molar-refractivity contribution in [2.24, 2.45) is 0 Å². The molecule has 0 heterocycles. The zero-order valence-electron chi connectivity index (χ0n) is 7.28. The van der Waals surface area contributed by atoms with Crippen LogP contribution in [0.15, 0.2) is 12.1 Å². The van der Waals surface area contributed by atoms with E-state index in [0.717, 1.165) is 0 Å². The fourth-order valence-electron chi connectivity index (χ4n) is 1.09. The number of anilines is 1. The number of rotatable bonds is 2. The maximum atomic E-state index is 11.1. The molecule has 0 saturated heterocycles. The summed E-state index contributed by atoms with van der Waals surface area (Å²) in [5.74, 6) is -0.359.